The minimum Gasteiger partial charge on any atom is -0.368 e. The number of nitrogens with one attached hydrogen (secondary N) is 2. The third kappa shape index (κ3) is 4.93. The van der Waals surface area contributed by atoms with Crippen molar-refractivity contribution >= 4 is 34.8 Å². The van der Waals surface area contributed by atoms with Crippen molar-refractivity contribution in [2.45, 2.75) is 50.7 Å². The number of aromatic nitrogens is 2. The largest absolute Gasteiger partial charge is 0.368 e. The summed E-state index contributed by atoms with van der Waals surface area (Å²) in [7, 11) is 0. The van der Waals surface area contributed by atoms with Crippen LogP contribution >= 0.6 is 0 Å². The Kier molecular flexibility index (Phi) is 6.15. The van der Waals surface area contributed by atoms with Gasteiger partial charge in [0.1, 0.15) is 24.1 Å². The number of anilines is 2. The molecular formula is C21H24FN7O3. The van der Waals surface area contributed by atoms with E-state index >= 15 is 0 Å². The molecular weight excluding hydrogens is 417 g/mol. The van der Waals surface area contributed by atoms with Gasteiger partial charge in [0.2, 0.25) is 11.8 Å². The Morgan fingerprint density at radius 1 is 1.16 bits per heavy atom. The van der Waals surface area contributed by atoms with Crippen molar-refractivity contribution in [3.8, 4) is 0 Å². The van der Waals surface area contributed by atoms with Crippen LogP contribution in [0.1, 0.15) is 32.1 Å². The first-order chi connectivity index (χ1) is 15.4. The van der Waals surface area contributed by atoms with E-state index in [1.165, 1.54) is 40.2 Å². The lowest BCUT2D eigenvalue weighted by Crippen LogP contribution is -2.39. The van der Waals surface area contributed by atoms with Crippen LogP contribution in [-0.4, -0.2) is 45.3 Å². The fourth-order valence-corrected chi connectivity index (χ4v) is 3.91. The molecule has 4 N–H and O–H groups in total. The maximum absolute atomic E-state index is 13.2. The summed E-state index contributed by atoms with van der Waals surface area (Å²) in [5, 5.41) is 15.3. The summed E-state index contributed by atoms with van der Waals surface area (Å²) in [6, 6.07) is 4.74. The average Bonchev–Trinajstić information content (AvgIpc) is 3.50. The predicted molar refractivity (Wildman–Crippen MR) is 115 cm³/mol. The maximum Gasteiger partial charge on any atom is 0.272 e. The first kappa shape index (κ1) is 21.5. The number of hydrazone groups is 1. The zero-order valence-electron chi connectivity index (χ0n) is 17.3. The molecule has 1 saturated carbocycles. The van der Waals surface area contributed by atoms with Gasteiger partial charge in [0.05, 0.1) is 17.6 Å². The number of hydrogen-bond donors (Lipinski definition) is 3. The van der Waals surface area contributed by atoms with Gasteiger partial charge < -0.3 is 16.4 Å². The highest BCUT2D eigenvalue weighted by atomic mass is 19.1. The van der Waals surface area contributed by atoms with E-state index in [4.69, 9.17) is 5.73 Å². The van der Waals surface area contributed by atoms with Gasteiger partial charge in [-0.3, -0.25) is 24.1 Å². The fourth-order valence-electron chi connectivity index (χ4n) is 3.91. The quantitative estimate of drug-likeness (QED) is 0.592. The third-order valence-electron chi connectivity index (χ3n) is 5.51. The lowest BCUT2D eigenvalue weighted by Gasteiger charge is -2.20. The summed E-state index contributed by atoms with van der Waals surface area (Å²) in [6.07, 6.45) is 7.23. The molecule has 0 saturated heterocycles. The third-order valence-corrected chi connectivity index (χ3v) is 5.51. The van der Waals surface area contributed by atoms with Crippen LogP contribution in [0.5, 0.6) is 0 Å². The standard InChI is InChI=1S/C21H24FN7O3/c22-13-5-7-16(8-6-13)29-18(20(23)31)9-17(27-29)21(32)26-15-10-24-28(11-15)12-19(30)25-14-3-1-2-4-14/h5-8,10-11,14,18H,1-4,9,12H2,(H2,23,31)(H,25,30)(H,26,32). The van der Waals surface area contributed by atoms with Crippen molar-refractivity contribution in [1.29, 1.82) is 0 Å². The summed E-state index contributed by atoms with van der Waals surface area (Å²) in [5.74, 6) is -1.73. The van der Waals surface area contributed by atoms with Crippen LogP contribution in [0.2, 0.25) is 0 Å². The topological polar surface area (TPSA) is 135 Å². The molecule has 4 rings (SSSR count). The van der Waals surface area contributed by atoms with Gasteiger partial charge in [0.25, 0.3) is 5.91 Å². The molecule has 1 aliphatic carbocycles. The predicted octanol–water partition coefficient (Wildman–Crippen LogP) is 1.14. The highest BCUT2D eigenvalue weighted by Crippen LogP contribution is 2.25. The molecule has 0 radical (unpaired) electrons. The number of hydrogen-bond acceptors (Lipinski definition) is 6. The number of primary amides is 1. The second kappa shape index (κ2) is 9.16. The van der Waals surface area contributed by atoms with Crippen molar-refractivity contribution in [2.24, 2.45) is 10.8 Å². The Morgan fingerprint density at radius 2 is 1.88 bits per heavy atom. The maximum atomic E-state index is 13.2. The van der Waals surface area contributed by atoms with E-state index in [9.17, 15) is 18.8 Å². The van der Waals surface area contributed by atoms with Crippen LogP contribution in [0.15, 0.2) is 41.8 Å². The van der Waals surface area contributed by atoms with Gasteiger partial charge in [-0.2, -0.15) is 10.2 Å². The van der Waals surface area contributed by atoms with Crippen molar-refractivity contribution in [3.05, 3.63) is 42.5 Å². The van der Waals surface area contributed by atoms with Crippen LogP contribution < -0.4 is 21.4 Å². The van der Waals surface area contributed by atoms with Gasteiger partial charge in [0, 0.05) is 18.7 Å². The normalized spacial score (nSPS) is 18.5. The smallest absolute Gasteiger partial charge is 0.272 e. The van der Waals surface area contributed by atoms with E-state index in [0.717, 1.165) is 25.7 Å². The van der Waals surface area contributed by atoms with Gasteiger partial charge in [-0.05, 0) is 37.1 Å². The van der Waals surface area contributed by atoms with Crippen LogP contribution in [0, 0.1) is 5.82 Å². The van der Waals surface area contributed by atoms with Gasteiger partial charge >= 0.3 is 0 Å². The minimum atomic E-state index is -0.858. The van der Waals surface area contributed by atoms with E-state index in [0.29, 0.717) is 11.4 Å². The summed E-state index contributed by atoms with van der Waals surface area (Å²) in [5.41, 5.74) is 6.40. The van der Waals surface area contributed by atoms with Crippen LogP contribution in [-0.2, 0) is 20.9 Å². The molecule has 10 nitrogen and oxygen atoms in total. The molecule has 168 valence electrons. The molecule has 1 aromatic carbocycles. The van der Waals surface area contributed by atoms with Crippen molar-refractivity contribution in [2.75, 3.05) is 10.3 Å². The molecule has 1 aromatic heterocycles. The number of halogens is 1. The van der Waals surface area contributed by atoms with E-state index in [-0.39, 0.29) is 30.6 Å². The second-order valence-electron chi connectivity index (χ2n) is 7.92. The monoisotopic (exact) mass is 441 g/mol. The molecule has 2 aliphatic rings. The Balaban J connectivity index is 1.39. The molecule has 11 heteroatoms. The molecule has 2 aromatic rings. The molecule has 1 atom stereocenters. The summed E-state index contributed by atoms with van der Waals surface area (Å²) < 4.78 is 14.7. The van der Waals surface area contributed by atoms with Gasteiger partial charge in [-0.1, -0.05) is 12.8 Å². The lowest BCUT2D eigenvalue weighted by molar-refractivity contribution is -0.122. The molecule has 0 spiro atoms. The molecule has 32 heavy (non-hydrogen) atoms. The van der Waals surface area contributed by atoms with Crippen LogP contribution in [0.25, 0.3) is 0 Å². The molecule has 1 fully saturated rings. The molecule has 2 heterocycles. The number of rotatable bonds is 7. The van der Waals surface area contributed by atoms with E-state index in [1.54, 1.807) is 6.20 Å². The van der Waals surface area contributed by atoms with Crippen molar-refractivity contribution < 1.29 is 18.8 Å². The average molecular weight is 441 g/mol. The minimum absolute atomic E-state index is 0.0104. The first-order valence-electron chi connectivity index (χ1n) is 10.4. The molecule has 1 aliphatic heterocycles. The van der Waals surface area contributed by atoms with Crippen LogP contribution in [0.3, 0.4) is 0 Å². The SMILES string of the molecule is NC(=O)C1CC(C(=O)Nc2cnn(CC(=O)NC3CCCC3)c2)=NN1c1ccc(F)cc1. The zero-order valence-corrected chi connectivity index (χ0v) is 17.3. The second-order valence-corrected chi connectivity index (χ2v) is 7.92. The van der Waals surface area contributed by atoms with Crippen LogP contribution in [0.4, 0.5) is 15.8 Å². The lowest BCUT2D eigenvalue weighted by atomic mass is 10.1. The van der Waals surface area contributed by atoms with Crippen molar-refractivity contribution in [1.82, 2.24) is 15.1 Å². The summed E-state index contributed by atoms with van der Waals surface area (Å²) in [6.45, 7) is 0.0510. The Morgan fingerprint density at radius 3 is 2.56 bits per heavy atom. The van der Waals surface area contributed by atoms with Gasteiger partial charge in [-0.15, -0.1) is 0 Å². The zero-order chi connectivity index (χ0) is 22.7. The van der Waals surface area contributed by atoms with Gasteiger partial charge in [-0.25, -0.2) is 4.39 Å². The fraction of sp³-hybridized carbons (Fsp3) is 0.381. The highest BCUT2D eigenvalue weighted by Gasteiger charge is 2.35. The number of amides is 3. The number of nitrogens with two attached hydrogens (primary N) is 1. The Hall–Kier alpha value is -3.76. The highest BCUT2D eigenvalue weighted by molar-refractivity contribution is 6.44. The number of benzene rings is 1. The van der Waals surface area contributed by atoms with Gasteiger partial charge in [0.15, 0.2) is 0 Å². The molecule has 1 unspecified atom stereocenters. The van der Waals surface area contributed by atoms with Crippen molar-refractivity contribution in [3.63, 3.8) is 0 Å². The number of nitrogens with zero attached hydrogens (tertiary/aromatic N) is 4. The van der Waals surface area contributed by atoms with E-state index in [1.807, 2.05) is 0 Å². The summed E-state index contributed by atoms with van der Waals surface area (Å²) in [4.78, 5) is 36.7. The first-order valence-corrected chi connectivity index (χ1v) is 10.4. The Bertz CT molecular complexity index is 1040. The van der Waals surface area contributed by atoms with E-state index in [2.05, 4.69) is 20.8 Å². The number of carbonyl (C=O) groups excluding carboxylic acids is 3. The summed E-state index contributed by atoms with van der Waals surface area (Å²) >= 11 is 0. The van der Waals surface area contributed by atoms with E-state index < -0.39 is 23.7 Å². The number of carbonyl (C=O) groups is 3. The Labute approximate surface area is 183 Å². The molecule has 3 amide bonds. The molecule has 0 bridgehead atoms.